The molecule has 14 heavy (non-hydrogen) atoms. The number of carbonyl (C=O) groups is 1. The number of hydrogen-bond acceptors (Lipinski definition) is 2. The Morgan fingerprint density at radius 1 is 1.43 bits per heavy atom. The van der Waals surface area contributed by atoms with Gasteiger partial charge in [-0.05, 0) is 24.0 Å². The summed E-state index contributed by atoms with van der Waals surface area (Å²) in [5.74, 6) is -0.0457. The van der Waals surface area contributed by atoms with E-state index in [4.69, 9.17) is 4.74 Å². The molecule has 0 aromatic heterocycles. The number of esters is 1. The van der Waals surface area contributed by atoms with E-state index < -0.39 is 0 Å². The van der Waals surface area contributed by atoms with Crippen LogP contribution < -0.4 is 5.46 Å². The first-order valence-electron chi connectivity index (χ1n) is 4.87. The Bertz CT molecular complexity index is 374. The van der Waals surface area contributed by atoms with Gasteiger partial charge in [0.1, 0.15) is 7.85 Å². The fraction of sp³-hybridized carbons (Fsp3) is 0.364. The summed E-state index contributed by atoms with van der Waals surface area (Å²) in [6.07, 6.45) is 1.67. The van der Waals surface area contributed by atoms with E-state index >= 15 is 0 Å². The van der Waals surface area contributed by atoms with Gasteiger partial charge in [-0.1, -0.05) is 23.7 Å². The molecule has 0 fully saturated rings. The minimum Gasteiger partial charge on any atom is -0.469 e. The highest BCUT2D eigenvalue weighted by molar-refractivity contribution is 6.32. The number of ether oxygens (including phenoxy) is 1. The third-order valence-corrected chi connectivity index (χ3v) is 2.83. The number of benzene rings is 1. The SMILES string of the molecule is Bc1ccc2c(c1)CC(C(=O)OC)C2. The van der Waals surface area contributed by atoms with Crippen molar-refractivity contribution in [3.05, 3.63) is 29.3 Å². The maximum Gasteiger partial charge on any atom is 0.309 e. The molecular formula is C11H13BO2. The molecule has 1 aromatic rings. The van der Waals surface area contributed by atoms with Crippen LogP contribution in [0, 0.1) is 5.92 Å². The Labute approximate surface area is 84.7 Å². The number of methoxy groups -OCH3 is 1. The topological polar surface area (TPSA) is 26.3 Å². The Balaban J connectivity index is 2.22. The summed E-state index contributed by atoms with van der Waals surface area (Å²) >= 11 is 0. The fourth-order valence-electron chi connectivity index (χ4n) is 2.08. The van der Waals surface area contributed by atoms with Gasteiger partial charge in [-0.25, -0.2) is 0 Å². The smallest absolute Gasteiger partial charge is 0.309 e. The monoisotopic (exact) mass is 188 g/mol. The van der Waals surface area contributed by atoms with Crippen LogP contribution in [0.2, 0.25) is 0 Å². The van der Waals surface area contributed by atoms with Crippen LogP contribution in [0.15, 0.2) is 18.2 Å². The van der Waals surface area contributed by atoms with Crippen LogP contribution in [0.4, 0.5) is 0 Å². The maximum atomic E-state index is 11.3. The predicted octanol–water partition coefficient (Wildman–Crippen LogP) is -0.167. The maximum absolute atomic E-state index is 11.3. The summed E-state index contributed by atoms with van der Waals surface area (Å²) < 4.78 is 4.76. The van der Waals surface area contributed by atoms with Gasteiger partial charge in [0.05, 0.1) is 13.0 Å². The van der Waals surface area contributed by atoms with E-state index in [0.29, 0.717) is 0 Å². The standard InChI is InChI=1S/C11H13BO2/c1-14-11(13)9-4-7-2-3-10(12)6-8(7)5-9/h2-3,6,9H,4-5,12H2,1H3. The second kappa shape index (κ2) is 3.48. The minimum atomic E-state index is -0.0844. The van der Waals surface area contributed by atoms with E-state index in [-0.39, 0.29) is 11.9 Å². The third-order valence-electron chi connectivity index (χ3n) is 2.83. The van der Waals surface area contributed by atoms with Crippen molar-refractivity contribution in [1.29, 1.82) is 0 Å². The lowest BCUT2D eigenvalue weighted by Crippen LogP contribution is -2.15. The predicted molar refractivity (Wildman–Crippen MR) is 57.5 cm³/mol. The van der Waals surface area contributed by atoms with Crippen molar-refractivity contribution in [3.63, 3.8) is 0 Å². The highest BCUT2D eigenvalue weighted by Gasteiger charge is 2.27. The average molecular weight is 188 g/mol. The quantitative estimate of drug-likeness (QED) is 0.452. The van der Waals surface area contributed by atoms with Crippen LogP contribution in [0.3, 0.4) is 0 Å². The third kappa shape index (κ3) is 1.54. The molecule has 0 saturated heterocycles. The van der Waals surface area contributed by atoms with Crippen molar-refractivity contribution in [2.24, 2.45) is 5.92 Å². The Hall–Kier alpha value is -1.25. The highest BCUT2D eigenvalue weighted by atomic mass is 16.5. The van der Waals surface area contributed by atoms with Crippen LogP contribution in [0.5, 0.6) is 0 Å². The molecule has 0 heterocycles. The van der Waals surface area contributed by atoms with Crippen molar-refractivity contribution < 1.29 is 9.53 Å². The molecule has 0 saturated carbocycles. The molecule has 0 spiro atoms. The number of carbonyl (C=O) groups excluding carboxylic acids is 1. The van der Waals surface area contributed by atoms with Gasteiger partial charge in [-0.15, -0.1) is 0 Å². The first-order chi connectivity index (χ1) is 6.70. The summed E-state index contributed by atoms with van der Waals surface area (Å²) in [5.41, 5.74) is 3.86. The van der Waals surface area contributed by atoms with Crippen LogP contribution in [-0.2, 0) is 22.4 Å². The fourth-order valence-corrected chi connectivity index (χ4v) is 2.08. The summed E-state index contributed by atoms with van der Waals surface area (Å²) in [6, 6.07) is 6.38. The molecule has 1 aromatic carbocycles. The summed E-state index contributed by atoms with van der Waals surface area (Å²) in [4.78, 5) is 11.3. The first-order valence-corrected chi connectivity index (χ1v) is 4.87. The zero-order chi connectivity index (χ0) is 10.1. The molecule has 0 aliphatic heterocycles. The summed E-state index contributed by atoms with van der Waals surface area (Å²) in [6.45, 7) is 0. The highest BCUT2D eigenvalue weighted by Crippen LogP contribution is 2.26. The van der Waals surface area contributed by atoms with Crippen molar-refractivity contribution in [3.8, 4) is 0 Å². The molecule has 1 aliphatic rings. The second-order valence-electron chi connectivity index (χ2n) is 3.90. The van der Waals surface area contributed by atoms with Crippen LogP contribution >= 0.6 is 0 Å². The van der Waals surface area contributed by atoms with Gasteiger partial charge in [0.25, 0.3) is 0 Å². The molecule has 1 unspecified atom stereocenters. The van der Waals surface area contributed by atoms with Gasteiger partial charge in [-0.3, -0.25) is 4.79 Å². The Kier molecular flexibility index (Phi) is 2.32. The van der Waals surface area contributed by atoms with Gasteiger partial charge < -0.3 is 4.74 Å². The normalized spacial score (nSPS) is 19.1. The number of fused-ring (bicyclic) bond motifs is 1. The van der Waals surface area contributed by atoms with Gasteiger partial charge in [0, 0.05) is 0 Å². The lowest BCUT2D eigenvalue weighted by molar-refractivity contribution is -0.145. The summed E-state index contributed by atoms with van der Waals surface area (Å²) in [7, 11) is 3.53. The van der Waals surface area contributed by atoms with E-state index in [0.717, 1.165) is 12.8 Å². The zero-order valence-corrected chi connectivity index (χ0v) is 8.54. The summed E-state index contributed by atoms with van der Waals surface area (Å²) in [5, 5.41) is 0. The van der Waals surface area contributed by atoms with Crippen LogP contribution in [0.25, 0.3) is 0 Å². The number of rotatable bonds is 1. The molecule has 2 rings (SSSR count). The van der Waals surface area contributed by atoms with E-state index in [1.54, 1.807) is 0 Å². The van der Waals surface area contributed by atoms with Gasteiger partial charge >= 0.3 is 5.97 Å². The van der Waals surface area contributed by atoms with Crippen molar-refractivity contribution in [2.45, 2.75) is 12.8 Å². The van der Waals surface area contributed by atoms with Crippen LogP contribution in [-0.4, -0.2) is 20.9 Å². The molecule has 1 atom stereocenters. The van der Waals surface area contributed by atoms with E-state index in [1.165, 1.54) is 23.7 Å². The second-order valence-corrected chi connectivity index (χ2v) is 3.90. The van der Waals surface area contributed by atoms with Crippen molar-refractivity contribution >= 4 is 19.3 Å². The molecule has 0 amide bonds. The molecule has 2 nitrogen and oxygen atoms in total. The largest absolute Gasteiger partial charge is 0.469 e. The minimum absolute atomic E-state index is 0.0387. The molecule has 0 bridgehead atoms. The van der Waals surface area contributed by atoms with Gasteiger partial charge in [0.15, 0.2) is 0 Å². The van der Waals surface area contributed by atoms with Crippen molar-refractivity contribution in [1.82, 2.24) is 0 Å². The molecule has 0 radical (unpaired) electrons. The van der Waals surface area contributed by atoms with Gasteiger partial charge in [-0.2, -0.15) is 0 Å². The lowest BCUT2D eigenvalue weighted by atomic mass is 9.93. The van der Waals surface area contributed by atoms with E-state index in [2.05, 4.69) is 26.0 Å². The first kappa shape index (κ1) is 9.32. The molecule has 1 aliphatic carbocycles. The Morgan fingerprint density at radius 3 is 2.86 bits per heavy atom. The van der Waals surface area contributed by atoms with Gasteiger partial charge in [0.2, 0.25) is 0 Å². The number of hydrogen-bond donors (Lipinski definition) is 0. The van der Waals surface area contributed by atoms with Crippen molar-refractivity contribution in [2.75, 3.05) is 7.11 Å². The lowest BCUT2D eigenvalue weighted by Gasteiger charge is -2.04. The Morgan fingerprint density at radius 2 is 2.14 bits per heavy atom. The van der Waals surface area contributed by atoms with Crippen LogP contribution in [0.1, 0.15) is 11.1 Å². The zero-order valence-electron chi connectivity index (χ0n) is 8.54. The molecule has 72 valence electrons. The average Bonchev–Trinajstić information content (AvgIpc) is 2.59. The molecule has 0 N–H and O–H groups in total. The van der Waals surface area contributed by atoms with E-state index in [1.807, 2.05) is 0 Å². The molecule has 3 heteroatoms. The van der Waals surface area contributed by atoms with E-state index in [9.17, 15) is 4.79 Å². The molecular weight excluding hydrogens is 175 g/mol.